The van der Waals surface area contributed by atoms with E-state index in [1.807, 2.05) is 0 Å². The van der Waals surface area contributed by atoms with E-state index in [1.165, 1.54) is 69.2 Å². The molecule has 0 saturated carbocycles. The van der Waals surface area contributed by atoms with Crippen LogP contribution in [0.1, 0.15) is 110 Å². The minimum atomic E-state index is -4.75. The van der Waals surface area contributed by atoms with Crippen LogP contribution >= 0.6 is 0 Å². The Labute approximate surface area is 260 Å². The van der Waals surface area contributed by atoms with Gasteiger partial charge in [-0.1, -0.05) is 123 Å². The molecule has 0 saturated heterocycles. The van der Waals surface area contributed by atoms with Gasteiger partial charge in [0.1, 0.15) is 11.5 Å². The van der Waals surface area contributed by atoms with Crippen LogP contribution in [0.3, 0.4) is 0 Å². The monoisotopic (exact) mass is 630 g/mol. The Morgan fingerprint density at radius 1 is 0.500 bits per heavy atom. The fourth-order valence-electron chi connectivity index (χ4n) is 5.91. The number of benzene rings is 2. The molecule has 0 N–H and O–H groups in total. The average molecular weight is 631 g/mol. The van der Waals surface area contributed by atoms with Crippen molar-refractivity contribution in [3.05, 3.63) is 59.7 Å². The quantitative estimate of drug-likeness (QED) is 0.107. The summed E-state index contributed by atoms with van der Waals surface area (Å²) in [5, 5.41) is 0. The lowest BCUT2D eigenvalue weighted by atomic mass is 9.80. The molecule has 8 heteroatoms. The Morgan fingerprint density at radius 2 is 0.864 bits per heavy atom. The lowest BCUT2D eigenvalue weighted by molar-refractivity contribution is -0.275. The first-order valence-electron chi connectivity index (χ1n) is 16.3. The molecular weight excluding hydrogens is 578 g/mol. The van der Waals surface area contributed by atoms with Crippen LogP contribution in [0.15, 0.2) is 48.5 Å². The Bertz CT molecular complexity index is 969. The van der Waals surface area contributed by atoms with Crippen molar-refractivity contribution in [2.45, 2.75) is 124 Å². The molecule has 3 atom stereocenters. The molecule has 3 unspecified atom stereocenters. The third-order valence-electron chi connectivity index (χ3n) is 8.59. The normalized spacial score (nSPS) is 14.6. The maximum absolute atomic E-state index is 12.6. The van der Waals surface area contributed by atoms with Gasteiger partial charge in [0.15, 0.2) is 0 Å². The highest BCUT2D eigenvalue weighted by Gasteiger charge is 2.32. The molecule has 2 aromatic carbocycles. The van der Waals surface area contributed by atoms with Crippen LogP contribution in [0.5, 0.6) is 11.5 Å². The minimum Gasteiger partial charge on any atom is -0.406 e. The van der Waals surface area contributed by atoms with Gasteiger partial charge in [-0.15, -0.1) is 26.3 Å². The van der Waals surface area contributed by atoms with Crippen molar-refractivity contribution in [3.8, 4) is 11.5 Å². The molecule has 0 bridgehead atoms. The summed E-state index contributed by atoms with van der Waals surface area (Å²) >= 11 is 0. The predicted octanol–water partition coefficient (Wildman–Crippen LogP) is 12.4. The highest BCUT2D eigenvalue weighted by molar-refractivity contribution is 5.30. The number of halogens is 6. The first-order valence-corrected chi connectivity index (χ1v) is 16.3. The number of unbranched alkanes of at least 4 members (excludes halogenated alkanes) is 1. The Morgan fingerprint density at radius 3 is 1.23 bits per heavy atom. The van der Waals surface area contributed by atoms with E-state index in [0.29, 0.717) is 24.7 Å². The fraction of sp³-hybridized carbons (Fsp3) is 0.667. The van der Waals surface area contributed by atoms with Gasteiger partial charge in [0.25, 0.3) is 0 Å². The van der Waals surface area contributed by atoms with Gasteiger partial charge < -0.3 is 9.47 Å². The molecule has 0 heterocycles. The van der Waals surface area contributed by atoms with Crippen LogP contribution in [0.4, 0.5) is 26.3 Å². The summed E-state index contributed by atoms with van der Waals surface area (Å²) < 4.78 is 83.5. The summed E-state index contributed by atoms with van der Waals surface area (Å²) in [5.41, 5.74) is 1.78. The highest BCUT2D eigenvalue weighted by atomic mass is 19.4. The van der Waals surface area contributed by atoms with Crippen molar-refractivity contribution in [2.24, 2.45) is 29.6 Å². The molecule has 0 aromatic heterocycles. The van der Waals surface area contributed by atoms with Gasteiger partial charge in [-0.3, -0.25) is 0 Å². The van der Waals surface area contributed by atoms with Gasteiger partial charge >= 0.3 is 12.7 Å². The fourth-order valence-corrected chi connectivity index (χ4v) is 5.91. The molecule has 250 valence electrons. The molecule has 0 aliphatic carbocycles. The molecule has 44 heavy (non-hydrogen) atoms. The van der Waals surface area contributed by atoms with E-state index in [0.717, 1.165) is 42.2 Å². The topological polar surface area (TPSA) is 18.5 Å². The molecule has 0 amide bonds. The largest absolute Gasteiger partial charge is 0.573 e. The van der Waals surface area contributed by atoms with Crippen molar-refractivity contribution in [1.82, 2.24) is 0 Å². The van der Waals surface area contributed by atoms with E-state index in [4.69, 9.17) is 0 Å². The van der Waals surface area contributed by atoms with Crippen molar-refractivity contribution < 1.29 is 35.8 Å². The van der Waals surface area contributed by atoms with E-state index < -0.39 is 12.7 Å². The second kappa shape index (κ2) is 18.6. The van der Waals surface area contributed by atoms with E-state index in [1.54, 1.807) is 24.3 Å². The molecule has 0 fully saturated rings. The van der Waals surface area contributed by atoms with Gasteiger partial charge in [0, 0.05) is 0 Å². The Kier molecular flexibility index (Phi) is 15.9. The highest BCUT2D eigenvalue weighted by Crippen LogP contribution is 2.31. The van der Waals surface area contributed by atoms with Gasteiger partial charge in [-0.05, 0) is 77.8 Å². The van der Waals surface area contributed by atoms with Crippen LogP contribution in [0, 0.1) is 29.6 Å². The van der Waals surface area contributed by atoms with Crippen LogP contribution in [-0.4, -0.2) is 12.7 Å². The minimum absolute atomic E-state index is 0.159. The van der Waals surface area contributed by atoms with Crippen LogP contribution in [0.25, 0.3) is 0 Å². The zero-order valence-electron chi connectivity index (χ0n) is 27.1. The number of alkyl halides is 6. The van der Waals surface area contributed by atoms with E-state index in [-0.39, 0.29) is 17.4 Å². The maximum atomic E-state index is 12.6. The van der Waals surface area contributed by atoms with Gasteiger partial charge in [-0.25, -0.2) is 0 Å². The lowest BCUT2D eigenvalue weighted by Crippen LogP contribution is -2.19. The summed E-state index contributed by atoms with van der Waals surface area (Å²) in [6, 6.07) is 11.9. The number of hydrogen-bond donors (Lipinski definition) is 0. The predicted molar refractivity (Wildman–Crippen MR) is 166 cm³/mol. The van der Waals surface area contributed by atoms with Crippen LogP contribution < -0.4 is 9.47 Å². The van der Waals surface area contributed by atoms with Crippen molar-refractivity contribution in [3.63, 3.8) is 0 Å². The second-order valence-electron chi connectivity index (χ2n) is 13.3. The number of hydrogen-bond acceptors (Lipinski definition) is 2. The standard InChI is InChI=1S/C36H52F6O2/c1-26(2)10-8-13-27(3)11-6-7-12-28(4)14-9-15-29(5)32(24-30-16-20-33(21-17-30)43-35(37,38)39)25-31-18-22-34(23-19-31)44-36(40,41)42/h16-23,26-29,32H,6-15,24-25H2,1-5H3. The smallest absolute Gasteiger partial charge is 0.406 e. The van der Waals surface area contributed by atoms with Gasteiger partial charge in [0.05, 0.1) is 0 Å². The zero-order valence-corrected chi connectivity index (χ0v) is 27.1. The van der Waals surface area contributed by atoms with Gasteiger partial charge in [0.2, 0.25) is 0 Å². The van der Waals surface area contributed by atoms with Crippen molar-refractivity contribution in [2.75, 3.05) is 0 Å². The molecule has 0 aliphatic heterocycles. The summed E-state index contributed by atoms with van der Waals surface area (Å²) in [4.78, 5) is 0. The van der Waals surface area contributed by atoms with E-state index in [2.05, 4.69) is 44.1 Å². The lowest BCUT2D eigenvalue weighted by Gasteiger charge is -2.25. The van der Waals surface area contributed by atoms with E-state index in [9.17, 15) is 26.3 Å². The van der Waals surface area contributed by atoms with E-state index >= 15 is 0 Å². The summed E-state index contributed by atoms with van der Waals surface area (Å²) in [5.74, 6) is 2.17. The molecule has 2 nitrogen and oxygen atoms in total. The molecule has 0 spiro atoms. The van der Waals surface area contributed by atoms with Crippen LogP contribution in [-0.2, 0) is 12.8 Å². The molecule has 2 aromatic rings. The molecule has 2 rings (SSSR count). The third kappa shape index (κ3) is 17.2. The maximum Gasteiger partial charge on any atom is 0.573 e. The number of rotatable bonds is 20. The Hall–Kier alpha value is -2.38. The average Bonchev–Trinajstić information content (AvgIpc) is 2.91. The summed E-state index contributed by atoms with van der Waals surface area (Å²) in [6.07, 6.45) is 4.06. The molecule has 0 radical (unpaired) electrons. The van der Waals surface area contributed by atoms with Crippen molar-refractivity contribution >= 4 is 0 Å². The molecular formula is C36H52F6O2. The SMILES string of the molecule is CC(C)CCCC(C)CCCCC(C)CCCC(C)C(Cc1ccc(OC(F)(F)F)cc1)Cc1ccc(OC(F)(F)F)cc1. The van der Waals surface area contributed by atoms with Crippen LogP contribution in [0.2, 0.25) is 0 Å². The third-order valence-corrected chi connectivity index (χ3v) is 8.59. The zero-order chi connectivity index (χ0) is 32.8. The first kappa shape index (κ1) is 37.8. The molecule has 0 aliphatic rings. The summed E-state index contributed by atoms with van der Waals surface area (Å²) in [6.45, 7) is 11.5. The Balaban J connectivity index is 1.90. The summed E-state index contributed by atoms with van der Waals surface area (Å²) in [7, 11) is 0. The van der Waals surface area contributed by atoms with Crippen molar-refractivity contribution in [1.29, 1.82) is 0 Å². The first-order chi connectivity index (χ1) is 20.6. The second-order valence-corrected chi connectivity index (χ2v) is 13.3. The number of ether oxygens (including phenoxy) is 2. The van der Waals surface area contributed by atoms with Gasteiger partial charge in [-0.2, -0.15) is 0 Å².